The molecule has 1 fully saturated rings. The Morgan fingerprint density at radius 2 is 1.41 bits per heavy atom. The minimum absolute atomic E-state index is 0.00525. The zero-order chi connectivity index (χ0) is 25.4. The molecule has 0 spiro atoms. The number of anilines is 1. The Kier molecular flexibility index (Phi) is 6.28. The summed E-state index contributed by atoms with van der Waals surface area (Å²) in [6.45, 7) is 2.54. The number of hydrogen-bond acceptors (Lipinski definition) is 4. The molecule has 2 aromatic heterocycles. The summed E-state index contributed by atoms with van der Waals surface area (Å²) >= 11 is 12.4. The summed E-state index contributed by atoms with van der Waals surface area (Å²) in [5.74, 6) is 0.932. The zero-order valence-corrected chi connectivity index (χ0v) is 21.4. The molecule has 0 atom stereocenters. The standard InChI is InChI=1S/C29H23Cl2N5O/c30-23-10-4-8-21(16-23)26-18-27-32-25(20-6-2-1-3-7-20)19-28(36(27)33-26)34-12-14-35(15-13-34)29(37)22-9-5-11-24(31)17-22/h1-11,16-19H,12-15H2. The van der Waals surface area contributed by atoms with E-state index in [-0.39, 0.29) is 5.91 Å². The van der Waals surface area contributed by atoms with Crippen LogP contribution in [0.4, 0.5) is 5.82 Å². The second-order valence-corrected chi connectivity index (χ2v) is 9.84. The quantitative estimate of drug-likeness (QED) is 0.274. The molecule has 6 rings (SSSR count). The van der Waals surface area contributed by atoms with Crippen molar-refractivity contribution in [3.05, 3.63) is 107 Å². The van der Waals surface area contributed by atoms with Gasteiger partial charge in [0.15, 0.2) is 5.65 Å². The van der Waals surface area contributed by atoms with Crippen molar-refractivity contribution in [1.29, 1.82) is 0 Å². The summed E-state index contributed by atoms with van der Waals surface area (Å²) in [5.41, 5.74) is 5.00. The number of carbonyl (C=O) groups is 1. The Balaban J connectivity index is 1.35. The van der Waals surface area contributed by atoms with E-state index < -0.39 is 0 Å². The van der Waals surface area contributed by atoms with Gasteiger partial charge in [0.25, 0.3) is 5.91 Å². The predicted octanol–water partition coefficient (Wildman–Crippen LogP) is 6.33. The van der Waals surface area contributed by atoms with Crippen LogP contribution in [0.5, 0.6) is 0 Å². The number of benzene rings is 3. The van der Waals surface area contributed by atoms with E-state index in [4.69, 9.17) is 33.3 Å². The lowest BCUT2D eigenvalue weighted by Gasteiger charge is -2.36. The van der Waals surface area contributed by atoms with Crippen molar-refractivity contribution in [2.45, 2.75) is 0 Å². The van der Waals surface area contributed by atoms with Crippen molar-refractivity contribution in [2.24, 2.45) is 0 Å². The first-order chi connectivity index (χ1) is 18.0. The Labute approximate surface area is 224 Å². The third kappa shape index (κ3) is 4.78. The van der Waals surface area contributed by atoms with Crippen molar-refractivity contribution >= 4 is 40.6 Å². The summed E-state index contributed by atoms with van der Waals surface area (Å²) in [5, 5.41) is 6.13. The maximum absolute atomic E-state index is 13.0. The molecule has 1 amide bonds. The van der Waals surface area contributed by atoms with E-state index in [1.54, 1.807) is 24.3 Å². The minimum Gasteiger partial charge on any atom is -0.353 e. The van der Waals surface area contributed by atoms with E-state index in [1.807, 2.05) is 57.9 Å². The SMILES string of the molecule is O=C(c1cccc(Cl)c1)N1CCN(c2cc(-c3ccccc3)nc3cc(-c4cccc(Cl)c4)nn23)CC1. The van der Waals surface area contributed by atoms with Crippen LogP contribution in [0.1, 0.15) is 10.4 Å². The Morgan fingerprint density at radius 1 is 0.703 bits per heavy atom. The van der Waals surface area contributed by atoms with Crippen LogP contribution in [0.25, 0.3) is 28.2 Å². The number of rotatable bonds is 4. The van der Waals surface area contributed by atoms with E-state index >= 15 is 0 Å². The maximum Gasteiger partial charge on any atom is 0.254 e. The lowest BCUT2D eigenvalue weighted by molar-refractivity contribution is 0.0746. The molecule has 37 heavy (non-hydrogen) atoms. The molecular formula is C29H23Cl2N5O. The molecule has 5 aromatic rings. The van der Waals surface area contributed by atoms with Crippen molar-refractivity contribution in [1.82, 2.24) is 19.5 Å². The van der Waals surface area contributed by atoms with Crippen LogP contribution in [-0.2, 0) is 0 Å². The highest BCUT2D eigenvalue weighted by molar-refractivity contribution is 6.31. The molecule has 0 bridgehead atoms. The highest BCUT2D eigenvalue weighted by atomic mass is 35.5. The Bertz CT molecular complexity index is 1590. The molecule has 3 aromatic carbocycles. The fraction of sp³-hybridized carbons (Fsp3) is 0.138. The summed E-state index contributed by atoms with van der Waals surface area (Å²) in [7, 11) is 0. The monoisotopic (exact) mass is 527 g/mol. The van der Waals surface area contributed by atoms with Gasteiger partial charge in [0.1, 0.15) is 5.82 Å². The second-order valence-electron chi connectivity index (χ2n) is 8.97. The molecule has 8 heteroatoms. The first-order valence-electron chi connectivity index (χ1n) is 12.1. The van der Waals surface area contributed by atoms with Gasteiger partial charge in [-0.1, -0.05) is 71.7 Å². The predicted molar refractivity (Wildman–Crippen MR) is 148 cm³/mol. The number of carbonyl (C=O) groups excluding carboxylic acids is 1. The fourth-order valence-corrected chi connectivity index (χ4v) is 5.05. The van der Waals surface area contributed by atoms with Gasteiger partial charge in [-0.05, 0) is 30.3 Å². The zero-order valence-electron chi connectivity index (χ0n) is 19.9. The Hall–Kier alpha value is -3.87. The molecule has 1 aliphatic rings. The highest BCUT2D eigenvalue weighted by Gasteiger charge is 2.25. The average molecular weight is 528 g/mol. The maximum atomic E-state index is 13.0. The van der Waals surface area contributed by atoms with E-state index in [9.17, 15) is 4.79 Å². The lowest BCUT2D eigenvalue weighted by Crippen LogP contribution is -2.49. The highest BCUT2D eigenvalue weighted by Crippen LogP contribution is 2.29. The number of fused-ring (bicyclic) bond motifs is 1. The van der Waals surface area contributed by atoms with Gasteiger partial charge in [-0.25, -0.2) is 4.98 Å². The minimum atomic E-state index is -0.00525. The number of aromatic nitrogens is 3. The number of amides is 1. The first kappa shape index (κ1) is 23.5. The molecule has 0 N–H and O–H groups in total. The summed E-state index contributed by atoms with van der Waals surface area (Å²) in [6, 6.07) is 29.0. The third-order valence-electron chi connectivity index (χ3n) is 6.56. The van der Waals surface area contributed by atoms with Gasteiger partial charge in [-0.15, -0.1) is 0 Å². The van der Waals surface area contributed by atoms with Crippen molar-refractivity contribution in [3.8, 4) is 22.5 Å². The second kappa shape index (κ2) is 9.88. The largest absolute Gasteiger partial charge is 0.353 e. The first-order valence-corrected chi connectivity index (χ1v) is 12.8. The topological polar surface area (TPSA) is 53.7 Å². The van der Waals surface area contributed by atoms with E-state index in [0.717, 1.165) is 34.0 Å². The van der Waals surface area contributed by atoms with Gasteiger partial charge >= 0.3 is 0 Å². The molecule has 0 aliphatic carbocycles. The molecule has 0 radical (unpaired) electrons. The lowest BCUT2D eigenvalue weighted by atomic mass is 10.1. The van der Waals surface area contributed by atoms with Gasteiger partial charge in [-0.2, -0.15) is 9.61 Å². The Morgan fingerprint density at radius 3 is 2.14 bits per heavy atom. The van der Waals surface area contributed by atoms with Crippen LogP contribution < -0.4 is 4.90 Å². The van der Waals surface area contributed by atoms with Crippen LogP contribution in [0.15, 0.2) is 91.0 Å². The number of nitrogens with zero attached hydrogens (tertiary/aromatic N) is 5. The normalized spacial score (nSPS) is 13.8. The molecule has 1 saturated heterocycles. The van der Waals surface area contributed by atoms with Gasteiger partial charge in [-0.3, -0.25) is 4.79 Å². The summed E-state index contributed by atoms with van der Waals surface area (Å²) in [6.07, 6.45) is 0. The van der Waals surface area contributed by atoms with Crippen LogP contribution >= 0.6 is 23.2 Å². The van der Waals surface area contributed by atoms with Crippen molar-refractivity contribution in [2.75, 3.05) is 31.1 Å². The van der Waals surface area contributed by atoms with Gasteiger partial charge in [0.05, 0.1) is 11.4 Å². The molecule has 0 saturated carbocycles. The third-order valence-corrected chi connectivity index (χ3v) is 7.03. The van der Waals surface area contributed by atoms with E-state index in [2.05, 4.69) is 23.1 Å². The van der Waals surface area contributed by atoms with Gasteiger partial charge in [0.2, 0.25) is 0 Å². The van der Waals surface area contributed by atoms with Crippen LogP contribution in [0.2, 0.25) is 10.0 Å². The average Bonchev–Trinajstić information content (AvgIpc) is 3.37. The van der Waals surface area contributed by atoms with Crippen molar-refractivity contribution < 1.29 is 4.79 Å². The number of hydrogen-bond donors (Lipinski definition) is 0. The smallest absolute Gasteiger partial charge is 0.254 e. The van der Waals surface area contributed by atoms with Crippen molar-refractivity contribution in [3.63, 3.8) is 0 Å². The van der Waals surface area contributed by atoms with Crippen LogP contribution in [0.3, 0.4) is 0 Å². The van der Waals surface area contributed by atoms with E-state index in [0.29, 0.717) is 41.8 Å². The molecule has 1 aliphatic heterocycles. The summed E-state index contributed by atoms with van der Waals surface area (Å²) < 4.78 is 1.89. The summed E-state index contributed by atoms with van der Waals surface area (Å²) in [4.78, 5) is 22.1. The fourth-order valence-electron chi connectivity index (χ4n) is 4.67. The molecular weight excluding hydrogens is 505 g/mol. The number of halogens is 2. The molecule has 0 unspecified atom stereocenters. The van der Waals surface area contributed by atoms with E-state index in [1.165, 1.54) is 0 Å². The van der Waals surface area contributed by atoms with Gasteiger partial charge in [0, 0.05) is 65.0 Å². The molecule has 184 valence electrons. The molecule has 3 heterocycles. The van der Waals surface area contributed by atoms with Crippen LogP contribution in [-0.4, -0.2) is 51.6 Å². The van der Waals surface area contributed by atoms with Gasteiger partial charge < -0.3 is 9.80 Å². The number of piperazine rings is 1. The van der Waals surface area contributed by atoms with Crippen LogP contribution in [0, 0.1) is 0 Å². The molecule has 6 nitrogen and oxygen atoms in total.